The largest absolute Gasteiger partial charge is 0.384 e. The normalized spacial score (nSPS) is 12.4. The molecule has 1 unspecified atom stereocenters. The molecule has 0 bridgehead atoms. The molecule has 0 aromatic carbocycles. The maximum atomic E-state index is 5.59. The molecule has 1 aromatic heterocycles. The van der Waals surface area contributed by atoms with Crippen LogP contribution in [0, 0.1) is 0 Å². The van der Waals surface area contributed by atoms with E-state index in [4.69, 9.17) is 5.73 Å². The first kappa shape index (κ1) is 11.2. The van der Waals surface area contributed by atoms with Crippen LogP contribution in [0.15, 0.2) is 18.2 Å². The molecule has 0 saturated heterocycles. The number of pyridine rings is 1. The van der Waals surface area contributed by atoms with Crippen LogP contribution in [0.1, 0.15) is 13.3 Å². The Morgan fingerprint density at radius 2 is 2.36 bits per heavy atom. The van der Waals surface area contributed by atoms with Gasteiger partial charge < -0.3 is 11.1 Å². The summed E-state index contributed by atoms with van der Waals surface area (Å²) in [5.41, 5.74) is 5.59. The quantitative estimate of drug-likeness (QED) is 0.784. The minimum Gasteiger partial charge on any atom is -0.384 e. The molecule has 3 nitrogen and oxygen atoms in total. The lowest BCUT2D eigenvalue weighted by Gasteiger charge is -2.16. The highest BCUT2D eigenvalue weighted by Gasteiger charge is 2.05. The van der Waals surface area contributed by atoms with E-state index in [0.29, 0.717) is 11.9 Å². The summed E-state index contributed by atoms with van der Waals surface area (Å²) in [6, 6.07) is 6.12. The maximum absolute atomic E-state index is 5.59. The van der Waals surface area contributed by atoms with E-state index < -0.39 is 0 Å². The van der Waals surface area contributed by atoms with Crippen molar-refractivity contribution in [3.63, 3.8) is 0 Å². The van der Waals surface area contributed by atoms with Gasteiger partial charge in [-0.1, -0.05) is 13.0 Å². The second-order valence-electron chi connectivity index (χ2n) is 3.15. The molecule has 4 heteroatoms. The Morgan fingerprint density at radius 3 is 2.93 bits per heavy atom. The van der Waals surface area contributed by atoms with Crippen molar-refractivity contribution in [3.8, 4) is 0 Å². The summed E-state index contributed by atoms with van der Waals surface area (Å²) in [4.78, 5) is 4.20. The van der Waals surface area contributed by atoms with Gasteiger partial charge in [0.15, 0.2) is 0 Å². The van der Waals surface area contributed by atoms with E-state index in [0.717, 1.165) is 18.0 Å². The van der Waals surface area contributed by atoms with Gasteiger partial charge in [0.05, 0.1) is 0 Å². The summed E-state index contributed by atoms with van der Waals surface area (Å²) in [6.07, 6.45) is 3.20. The van der Waals surface area contributed by atoms with Crippen molar-refractivity contribution in [2.24, 2.45) is 0 Å². The van der Waals surface area contributed by atoms with Crippen molar-refractivity contribution in [3.05, 3.63) is 18.2 Å². The zero-order valence-electron chi connectivity index (χ0n) is 8.66. The zero-order chi connectivity index (χ0) is 10.4. The van der Waals surface area contributed by atoms with E-state index in [-0.39, 0.29) is 0 Å². The molecule has 0 fully saturated rings. The van der Waals surface area contributed by atoms with Crippen molar-refractivity contribution in [1.82, 2.24) is 4.98 Å². The standard InChI is InChI=1S/C10H17N3S/c1-3-8(7-14-2)12-10-6-4-5-9(11)13-10/h4-6,8H,3,7H2,1-2H3,(H3,11,12,13). The molecule has 0 aliphatic heterocycles. The minimum atomic E-state index is 0.472. The third kappa shape index (κ3) is 3.46. The van der Waals surface area contributed by atoms with Gasteiger partial charge in [0.2, 0.25) is 0 Å². The summed E-state index contributed by atoms with van der Waals surface area (Å²) in [5.74, 6) is 2.52. The van der Waals surface area contributed by atoms with Gasteiger partial charge in [-0.15, -0.1) is 0 Å². The highest BCUT2D eigenvalue weighted by molar-refractivity contribution is 7.98. The first-order chi connectivity index (χ1) is 6.76. The fraction of sp³-hybridized carbons (Fsp3) is 0.500. The smallest absolute Gasteiger partial charge is 0.128 e. The number of hydrogen-bond acceptors (Lipinski definition) is 4. The average molecular weight is 211 g/mol. The molecule has 0 saturated carbocycles. The van der Waals surface area contributed by atoms with Gasteiger partial charge in [-0.2, -0.15) is 11.8 Å². The lowest BCUT2D eigenvalue weighted by atomic mass is 10.2. The number of rotatable bonds is 5. The first-order valence-electron chi connectivity index (χ1n) is 4.74. The van der Waals surface area contributed by atoms with Gasteiger partial charge in [-0.05, 0) is 24.8 Å². The van der Waals surface area contributed by atoms with Crippen LogP contribution >= 0.6 is 11.8 Å². The van der Waals surface area contributed by atoms with Crippen LogP contribution in [0.4, 0.5) is 11.6 Å². The van der Waals surface area contributed by atoms with Crippen LogP contribution in [-0.4, -0.2) is 23.0 Å². The molecule has 1 atom stereocenters. The number of thioether (sulfide) groups is 1. The number of nitrogens with zero attached hydrogens (tertiary/aromatic N) is 1. The van der Waals surface area contributed by atoms with Crippen LogP contribution in [0.25, 0.3) is 0 Å². The molecule has 0 spiro atoms. The Kier molecular flexibility index (Phi) is 4.59. The van der Waals surface area contributed by atoms with Crippen molar-refractivity contribution in [2.45, 2.75) is 19.4 Å². The van der Waals surface area contributed by atoms with Crippen molar-refractivity contribution in [1.29, 1.82) is 0 Å². The number of nitrogens with one attached hydrogen (secondary N) is 1. The van der Waals surface area contributed by atoms with Crippen LogP contribution in [0.2, 0.25) is 0 Å². The second kappa shape index (κ2) is 5.75. The molecular formula is C10H17N3S. The molecule has 14 heavy (non-hydrogen) atoms. The Hall–Kier alpha value is -0.900. The predicted octanol–water partition coefficient (Wildman–Crippen LogP) is 2.22. The van der Waals surface area contributed by atoms with Crippen LogP contribution in [-0.2, 0) is 0 Å². The molecular weight excluding hydrogens is 194 g/mol. The minimum absolute atomic E-state index is 0.472. The van der Waals surface area contributed by atoms with Gasteiger partial charge in [0.1, 0.15) is 11.6 Å². The molecule has 1 rings (SSSR count). The Balaban J connectivity index is 2.57. The van der Waals surface area contributed by atoms with Gasteiger partial charge in [-0.3, -0.25) is 0 Å². The Morgan fingerprint density at radius 1 is 1.57 bits per heavy atom. The van der Waals surface area contributed by atoms with E-state index in [1.165, 1.54) is 0 Å². The van der Waals surface area contributed by atoms with E-state index in [1.807, 2.05) is 23.9 Å². The van der Waals surface area contributed by atoms with E-state index >= 15 is 0 Å². The van der Waals surface area contributed by atoms with Gasteiger partial charge in [0, 0.05) is 11.8 Å². The van der Waals surface area contributed by atoms with Gasteiger partial charge >= 0.3 is 0 Å². The summed E-state index contributed by atoms with van der Waals surface area (Å²) in [6.45, 7) is 2.17. The Labute approximate surface area is 89.5 Å². The summed E-state index contributed by atoms with van der Waals surface area (Å²) in [7, 11) is 0. The summed E-state index contributed by atoms with van der Waals surface area (Å²) < 4.78 is 0. The molecule has 0 radical (unpaired) electrons. The third-order valence-corrected chi connectivity index (χ3v) is 2.72. The van der Waals surface area contributed by atoms with Gasteiger partial charge in [0.25, 0.3) is 0 Å². The molecule has 0 aliphatic rings. The number of aromatic nitrogens is 1. The lowest BCUT2D eigenvalue weighted by Crippen LogP contribution is -2.21. The molecule has 3 N–H and O–H groups in total. The fourth-order valence-corrected chi connectivity index (χ4v) is 1.93. The van der Waals surface area contributed by atoms with E-state index in [2.05, 4.69) is 23.5 Å². The highest BCUT2D eigenvalue weighted by Crippen LogP contribution is 2.11. The number of nitrogen functional groups attached to an aromatic ring is 1. The van der Waals surface area contributed by atoms with Crippen LogP contribution in [0.5, 0.6) is 0 Å². The SMILES string of the molecule is CCC(CSC)Nc1cccc(N)n1. The van der Waals surface area contributed by atoms with Crippen LogP contribution < -0.4 is 11.1 Å². The summed E-state index contributed by atoms with van der Waals surface area (Å²) >= 11 is 1.84. The number of anilines is 2. The van der Waals surface area contributed by atoms with E-state index in [1.54, 1.807) is 6.07 Å². The first-order valence-corrected chi connectivity index (χ1v) is 6.13. The highest BCUT2D eigenvalue weighted by atomic mass is 32.2. The van der Waals surface area contributed by atoms with Gasteiger partial charge in [-0.25, -0.2) is 4.98 Å². The topological polar surface area (TPSA) is 50.9 Å². The van der Waals surface area contributed by atoms with Crippen molar-refractivity contribution >= 4 is 23.4 Å². The third-order valence-electron chi connectivity index (χ3n) is 1.98. The number of nitrogens with two attached hydrogens (primary N) is 1. The fourth-order valence-electron chi connectivity index (χ4n) is 1.20. The maximum Gasteiger partial charge on any atom is 0.128 e. The molecule has 1 aromatic rings. The lowest BCUT2D eigenvalue weighted by molar-refractivity contribution is 0.770. The van der Waals surface area contributed by atoms with Crippen LogP contribution in [0.3, 0.4) is 0 Å². The predicted molar refractivity (Wildman–Crippen MR) is 64.7 cm³/mol. The monoisotopic (exact) mass is 211 g/mol. The zero-order valence-corrected chi connectivity index (χ0v) is 9.47. The molecule has 0 amide bonds. The second-order valence-corrected chi connectivity index (χ2v) is 4.06. The average Bonchev–Trinajstić information content (AvgIpc) is 2.17. The van der Waals surface area contributed by atoms with E-state index in [9.17, 15) is 0 Å². The van der Waals surface area contributed by atoms with Crippen molar-refractivity contribution < 1.29 is 0 Å². The molecule has 1 heterocycles. The molecule has 0 aliphatic carbocycles. The van der Waals surface area contributed by atoms with Crippen molar-refractivity contribution in [2.75, 3.05) is 23.1 Å². The molecule has 78 valence electrons. The summed E-state index contributed by atoms with van der Waals surface area (Å²) in [5, 5.41) is 3.36. The Bertz CT molecular complexity index is 278. The number of hydrogen-bond donors (Lipinski definition) is 2.